The predicted molar refractivity (Wildman–Crippen MR) is 155 cm³/mol. The van der Waals surface area contributed by atoms with Crippen molar-refractivity contribution in [3.63, 3.8) is 0 Å². The van der Waals surface area contributed by atoms with Crippen LogP contribution in [0.1, 0.15) is 31.2 Å². The predicted octanol–water partition coefficient (Wildman–Crippen LogP) is 4.89. The molecule has 9 nitrogen and oxygen atoms in total. The van der Waals surface area contributed by atoms with Gasteiger partial charge in [0.25, 0.3) is 0 Å². The van der Waals surface area contributed by atoms with Crippen molar-refractivity contribution < 1.29 is 14.3 Å². The summed E-state index contributed by atoms with van der Waals surface area (Å²) in [5.74, 6) is 8.85. The standard InChI is InChI=1S/C31H32N6O3/c1-6-26(38)37-16-14-31(3,15-17-37)13-12-22-27(28-29(32)33-19-34-30(28)36(22)4)21-10-11-23(24(18-21)39-5)40-25-9-7-8-20(2)35-25/h6-11,18-19H,1,14-17H2,2-5H3,(H2,32,33,34). The summed E-state index contributed by atoms with van der Waals surface area (Å²) < 4.78 is 13.7. The van der Waals surface area contributed by atoms with Gasteiger partial charge in [-0.05, 0) is 62.4 Å². The van der Waals surface area contributed by atoms with Crippen LogP contribution in [0.2, 0.25) is 0 Å². The van der Waals surface area contributed by atoms with Gasteiger partial charge in [0.2, 0.25) is 11.8 Å². The molecule has 0 saturated carbocycles. The fourth-order valence-electron chi connectivity index (χ4n) is 4.98. The second-order valence-electron chi connectivity index (χ2n) is 10.2. The van der Waals surface area contributed by atoms with Gasteiger partial charge in [-0.3, -0.25) is 4.79 Å². The largest absolute Gasteiger partial charge is 0.493 e. The van der Waals surface area contributed by atoms with Gasteiger partial charge in [0.1, 0.15) is 23.5 Å². The number of nitrogens with zero attached hydrogens (tertiary/aromatic N) is 5. The number of amides is 1. The van der Waals surface area contributed by atoms with Crippen LogP contribution >= 0.6 is 0 Å². The second-order valence-corrected chi connectivity index (χ2v) is 10.2. The van der Waals surface area contributed by atoms with Crippen LogP contribution in [0.5, 0.6) is 17.4 Å². The number of aromatic nitrogens is 4. The summed E-state index contributed by atoms with van der Waals surface area (Å²) in [6.07, 6.45) is 4.36. The zero-order chi connectivity index (χ0) is 28.4. The highest BCUT2D eigenvalue weighted by Gasteiger charge is 2.30. The van der Waals surface area contributed by atoms with E-state index in [9.17, 15) is 4.79 Å². The van der Waals surface area contributed by atoms with Gasteiger partial charge in [0, 0.05) is 42.9 Å². The average molecular weight is 537 g/mol. The number of ether oxygens (including phenoxy) is 2. The number of aryl methyl sites for hydroxylation is 2. The number of nitrogens with two attached hydrogens (primary N) is 1. The molecule has 0 bridgehead atoms. The molecule has 1 fully saturated rings. The molecule has 3 aromatic heterocycles. The van der Waals surface area contributed by atoms with Crippen LogP contribution in [-0.2, 0) is 11.8 Å². The van der Waals surface area contributed by atoms with E-state index in [-0.39, 0.29) is 11.3 Å². The van der Waals surface area contributed by atoms with Gasteiger partial charge in [-0.15, -0.1) is 0 Å². The lowest BCUT2D eigenvalue weighted by Gasteiger charge is -2.35. The van der Waals surface area contributed by atoms with Gasteiger partial charge in [0.05, 0.1) is 12.5 Å². The Labute approximate surface area is 233 Å². The fourth-order valence-corrected chi connectivity index (χ4v) is 4.98. The smallest absolute Gasteiger partial charge is 0.245 e. The Balaban J connectivity index is 1.57. The van der Waals surface area contributed by atoms with E-state index < -0.39 is 0 Å². The summed E-state index contributed by atoms with van der Waals surface area (Å²) in [4.78, 5) is 27.1. The number of anilines is 1. The van der Waals surface area contributed by atoms with Gasteiger partial charge in [-0.1, -0.05) is 24.6 Å². The Morgan fingerprint density at radius 2 is 1.95 bits per heavy atom. The molecule has 1 aliphatic heterocycles. The van der Waals surface area contributed by atoms with Gasteiger partial charge in [0.15, 0.2) is 11.5 Å². The molecule has 0 spiro atoms. The van der Waals surface area contributed by atoms with Crippen LogP contribution in [0, 0.1) is 24.2 Å². The highest BCUT2D eigenvalue weighted by Crippen LogP contribution is 2.41. The SMILES string of the molecule is C=CC(=O)N1CCC(C)(C#Cc2c(-c3ccc(Oc4cccc(C)n4)c(OC)c3)c3c(N)ncnc3n2C)CC1. The van der Waals surface area contributed by atoms with Gasteiger partial charge >= 0.3 is 0 Å². The summed E-state index contributed by atoms with van der Waals surface area (Å²) in [6.45, 7) is 8.94. The summed E-state index contributed by atoms with van der Waals surface area (Å²) in [7, 11) is 3.52. The van der Waals surface area contributed by atoms with Gasteiger partial charge in [-0.25, -0.2) is 15.0 Å². The molecule has 4 aromatic rings. The number of piperidine rings is 1. The van der Waals surface area contributed by atoms with Crippen molar-refractivity contribution in [1.82, 2.24) is 24.4 Å². The number of rotatable bonds is 5. The lowest BCUT2D eigenvalue weighted by atomic mass is 9.81. The van der Waals surface area contributed by atoms with Crippen molar-refractivity contribution in [2.75, 3.05) is 25.9 Å². The van der Waals surface area contributed by atoms with E-state index in [0.717, 1.165) is 40.7 Å². The Morgan fingerprint density at radius 3 is 2.65 bits per heavy atom. The number of methoxy groups -OCH3 is 1. The van der Waals surface area contributed by atoms with E-state index in [1.165, 1.54) is 12.4 Å². The maximum absolute atomic E-state index is 12.0. The van der Waals surface area contributed by atoms with Crippen LogP contribution in [0.15, 0.2) is 55.4 Å². The second kappa shape index (κ2) is 10.7. The van der Waals surface area contributed by atoms with Crippen molar-refractivity contribution in [3.8, 4) is 40.3 Å². The molecule has 1 amide bonds. The van der Waals surface area contributed by atoms with E-state index >= 15 is 0 Å². The third kappa shape index (κ3) is 5.08. The molecule has 1 aromatic carbocycles. The number of carbonyl (C=O) groups is 1. The topological polar surface area (TPSA) is 108 Å². The van der Waals surface area contributed by atoms with Crippen molar-refractivity contribution in [1.29, 1.82) is 0 Å². The molecule has 4 heterocycles. The number of hydrogen-bond acceptors (Lipinski definition) is 7. The number of benzene rings is 1. The monoisotopic (exact) mass is 536 g/mol. The van der Waals surface area contributed by atoms with E-state index in [4.69, 9.17) is 15.2 Å². The maximum atomic E-state index is 12.0. The highest BCUT2D eigenvalue weighted by molar-refractivity contribution is 6.03. The van der Waals surface area contributed by atoms with E-state index in [1.54, 1.807) is 13.2 Å². The fraction of sp³-hybridized carbons (Fsp3) is 0.290. The molecule has 0 radical (unpaired) electrons. The van der Waals surface area contributed by atoms with Crippen LogP contribution in [0.25, 0.3) is 22.2 Å². The molecule has 5 rings (SSSR count). The minimum atomic E-state index is -0.251. The Bertz CT molecular complexity index is 1670. The first-order valence-electron chi connectivity index (χ1n) is 13.1. The molecule has 9 heteroatoms. The number of hydrogen-bond donors (Lipinski definition) is 1. The van der Waals surface area contributed by atoms with Crippen LogP contribution in [-0.4, -0.2) is 50.5 Å². The Hall–Kier alpha value is -4.84. The molecule has 2 N–H and O–H groups in total. The molecule has 40 heavy (non-hydrogen) atoms. The summed E-state index contributed by atoms with van der Waals surface area (Å²) in [5, 5.41) is 0.724. The van der Waals surface area contributed by atoms with Gasteiger partial charge < -0.3 is 24.7 Å². The Kier molecular flexibility index (Phi) is 7.18. The molecule has 1 aliphatic rings. The lowest BCUT2D eigenvalue weighted by molar-refractivity contribution is -0.127. The summed E-state index contributed by atoms with van der Waals surface area (Å²) >= 11 is 0. The minimum absolute atomic E-state index is 0.0421. The van der Waals surface area contributed by atoms with Crippen LogP contribution in [0.3, 0.4) is 0 Å². The molecule has 204 valence electrons. The van der Waals surface area contributed by atoms with Crippen molar-refractivity contribution in [2.45, 2.75) is 26.7 Å². The summed E-state index contributed by atoms with van der Waals surface area (Å²) in [5.41, 5.74) is 10.1. The zero-order valence-corrected chi connectivity index (χ0v) is 23.2. The third-order valence-electron chi connectivity index (χ3n) is 7.36. The van der Waals surface area contributed by atoms with Crippen LogP contribution in [0.4, 0.5) is 5.82 Å². The van der Waals surface area contributed by atoms with Crippen molar-refractivity contribution >= 4 is 22.8 Å². The van der Waals surface area contributed by atoms with E-state index in [2.05, 4.69) is 40.3 Å². The first-order valence-corrected chi connectivity index (χ1v) is 13.1. The minimum Gasteiger partial charge on any atom is -0.493 e. The maximum Gasteiger partial charge on any atom is 0.245 e. The Morgan fingerprint density at radius 1 is 1.18 bits per heavy atom. The molecular formula is C31H32N6O3. The number of pyridine rings is 1. The summed E-state index contributed by atoms with van der Waals surface area (Å²) in [6, 6.07) is 11.3. The zero-order valence-electron chi connectivity index (χ0n) is 23.2. The molecule has 1 saturated heterocycles. The van der Waals surface area contributed by atoms with Crippen molar-refractivity contribution in [3.05, 3.63) is 66.8 Å². The average Bonchev–Trinajstić information content (AvgIpc) is 3.24. The first-order chi connectivity index (χ1) is 19.2. The number of nitrogen functional groups attached to an aromatic ring is 1. The third-order valence-corrected chi connectivity index (χ3v) is 7.36. The quantitative estimate of drug-likeness (QED) is 0.286. The first kappa shape index (κ1) is 26.8. The van der Waals surface area contributed by atoms with E-state index in [1.807, 2.05) is 53.8 Å². The molecule has 0 atom stereocenters. The lowest BCUT2D eigenvalue weighted by Crippen LogP contribution is -2.40. The molecule has 0 unspecified atom stereocenters. The molecular weight excluding hydrogens is 504 g/mol. The highest BCUT2D eigenvalue weighted by atomic mass is 16.5. The van der Waals surface area contributed by atoms with E-state index in [0.29, 0.717) is 41.9 Å². The van der Waals surface area contributed by atoms with Gasteiger partial charge in [-0.2, -0.15) is 0 Å². The number of likely N-dealkylation sites (tertiary alicyclic amines) is 1. The molecule has 0 aliphatic carbocycles. The number of carbonyl (C=O) groups excluding carboxylic acids is 1. The number of fused-ring (bicyclic) bond motifs is 1. The van der Waals surface area contributed by atoms with Crippen molar-refractivity contribution in [2.24, 2.45) is 12.5 Å². The normalized spacial score (nSPS) is 14.3. The van der Waals surface area contributed by atoms with Crippen LogP contribution < -0.4 is 15.2 Å².